The maximum atomic E-state index is 11.0. The Morgan fingerprint density at radius 3 is 2.07 bits per heavy atom. The first kappa shape index (κ1) is 29.1. The summed E-state index contributed by atoms with van der Waals surface area (Å²) in [5.74, 6) is 0.728. The third-order valence-electron chi connectivity index (χ3n) is 8.27. The summed E-state index contributed by atoms with van der Waals surface area (Å²) in [5.41, 5.74) is 2.81. The van der Waals surface area contributed by atoms with Crippen molar-refractivity contribution < 1.29 is 18.9 Å². The van der Waals surface area contributed by atoms with Crippen molar-refractivity contribution in [3.05, 3.63) is 132 Å². The number of nitriles is 1. The summed E-state index contributed by atoms with van der Waals surface area (Å²) >= 11 is 0. The zero-order chi connectivity index (χ0) is 30.5. The second-order valence-corrected chi connectivity index (χ2v) is 11.5. The zero-order valence-corrected chi connectivity index (χ0v) is 24.9. The van der Waals surface area contributed by atoms with Crippen LogP contribution in [-0.4, -0.2) is 45.6 Å². The molecule has 2 aliphatic rings. The first-order valence-corrected chi connectivity index (χ1v) is 15.3. The summed E-state index contributed by atoms with van der Waals surface area (Å²) in [6.45, 7) is 1.20. The highest BCUT2D eigenvalue weighted by Gasteiger charge is 2.60. The minimum atomic E-state index is -1.55. The van der Waals surface area contributed by atoms with Crippen molar-refractivity contribution in [1.29, 1.82) is 5.26 Å². The third-order valence-corrected chi connectivity index (χ3v) is 8.27. The van der Waals surface area contributed by atoms with E-state index < -0.39 is 23.9 Å². The van der Waals surface area contributed by atoms with Crippen LogP contribution in [0.3, 0.4) is 0 Å². The number of nitrogens with zero attached hydrogens (tertiary/aromatic N) is 4. The molecular formula is C36H35N5O4. The molecule has 1 saturated heterocycles. The Morgan fingerprint density at radius 1 is 0.822 bits per heavy atom. The number of anilines is 1. The highest BCUT2D eigenvalue weighted by Crippen LogP contribution is 2.44. The lowest BCUT2D eigenvalue weighted by Crippen LogP contribution is -2.44. The fourth-order valence-corrected chi connectivity index (χ4v) is 5.83. The molecule has 5 aromatic rings. The smallest absolute Gasteiger partial charge is 0.225 e. The van der Waals surface area contributed by atoms with E-state index in [1.807, 2.05) is 103 Å². The highest BCUT2D eigenvalue weighted by atomic mass is 16.6. The minimum absolute atomic E-state index is 0.204. The van der Waals surface area contributed by atoms with Crippen LogP contribution >= 0.6 is 0 Å². The Morgan fingerprint density at radius 2 is 1.44 bits per heavy atom. The summed E-state index contributed by atoms with van der Waals surface area (Å²) in [5, 5.41) is 19.1. The fourth-order valence-electron chi connectivity index (χ4n) is 5.83. The van der Waals surface area contributed by atoms with Crippen LogP contribution in [0, 0.1) is 11.3 Å². The Kier molecular flexibility index (Phi) is 8.54. The van der Waals surface area contributed by atoms with E-state index in [0.29, 0.717) is 24.9 Å². The molecule has 7 rings (SSSR count). The Bertz CT molecular complexity index is 1740. The molecule has 1 N–H and O–H groups in total. The third kappa shape index (κ3) is 6.32. The fraction of sp³-hybridized carbons (Fsp3) is 0.306. The van der Waals surface area contributed by atoms with Gasteiger partial charge in [-0.05, 0) is 41.7 Å². The van der Waals surface area contributed by atoms with E-state index in [-0.39, 0.29) is 13.2 Å². The summed E-state index contributed by atoms with van der Waals surface area (Å²) in [6, 6.07) is 36.6. The van der Waals surface area contributed by atoms with Crippen LogP contribution in [0.2, 0.25) is 0 Å². The summed E-state index contributed by atoms with van der Waals surface area (Å²) < 4.78 is 28.0. The van der Waals surface area contributed by atoms with Crippen molar-refractivity contribution in [3.63, 3.8) is 0 Å². The molecule has 2 aromatic heterocycles. The average Bonchev–Trinajstić information content (AvgIpc) is 3.71. The Labute approximate surface area is 262 Å². The number of ether oxygens (including phenoxy) is 4. The van der Waals surface area contributed by atoms with E-state index in [2.05, 4.69) is 21.5 Å². The number of nitrogens with one attached hydrogen (secondary N) is 1. The van der Waals surface area contributed by atoms with E-state index in [1.54, 1.807) is 4.52 Å². The Balaban J connectivity index is 1.25. The van der Waals surface area contributed by atoms with Crippen LogP contribution in [0.15, 0.2) is 109 Å². The van der Waals surface area contributed by atoms with Gasteiger partial charge in [-0.2, -0.15) is 10.4 Å². The number of hydrogen-bond acceptors (Lipinski definition) is 8. The maximum absolute atomic E-state index is 11.0. The zero-order valence-electron chi connectivity index (χ0n) is 24.9. The molecule has 0 spiro atoms. The monoisotopic (exact) mass is 601 g/mol. The predicted molar refractivity (Wildman–Crippen MR) is 168 cm³/mol. The highest BCUT2D eigenvalue weighted by molar-refractivity contribution is 5.69. The van der Waals surface area contributed by atoms with Gasteiger partial charge in [-0.3, -0.25) is 0 Å². The van der Waals surface area contributed by atoms with E-state index in [4.69, 9.17) is 18.9 Å². The van der Waals surface area contributed by atoms with Crippen LogP contribution < -0.4 is 5.32 Å². The molecule has 9 heteroatoms. The predicted octanol–water partition coefficient (Wildman–Crippen LogP) is 5.81. The molecule has 4 atom stereocenters. The van der Waals surface area contributed by atoms with Gasteiger partial charge in [0, 0.05) is 6.04 Å². The van der Waals surface area contributed by atoms with Gasteiger partial charge in [0.1, 0.15) is 36.2 Å². The van der Waals surface area contributed by atoms with Crippen molar-refractivity contribution in [2.45, 2.75) is 62.6 Å². The van der Waals surface area contributed by atoms with Gasteiger partial charge in [0.2, 0.25) is 5.60 Å². The number of hydrogen-bond donors (Lipinski definition) is 1. The van der Waals surface area contributed by atoms with Crippen LogP contribution in [-0.2, 0) is 44.4 Å². The quantitative estimate of drug-likeness (QED) is 0.180. The second kappa shape index (κ2) is 13.2. The lowest BCUT2D eigenvalue weighted by atomic mass is 9.92. The largest absolute Gasteiger partial charge is 0.374 e. The summed E-state index contributed by atoms with van der Waals surface area (Å²) in [6.07, 6.45) is 1.69. The van der Waals surface area contributed by atoms with Gasteiger partial charge in [-0.1, -0.05) is 91.0 Å². The van der Waals surface area contributed by atoms with Gasteiger partial charge in [-0.15, -0.1) is 0 Å². The second-order valence-electron chi connectivity index (χ2n) is 11.5. The average molecular weight is 602 g/mol. The molecule has 45 heavy (non-hydrogen) atoms. The van der Waals surface area contributed by atoms with Crippen molar-refractivity contribution in [2.75, 3.05) is 11.9 Å². The molecular weight excluding hydrogens is 566 g/mol. The topological polar surface area (TPSA) is 103 Å². The van der Waals surface area contributed by atoms with E-state index in [1.165, 1.54) is 6.33 Å². The van der Waals surface area contributed by atoms with E-state index >= 15 is 0 Å². The van der Waals surface area contributed by atoms with Gasteiger partial charge < -0.3 is 24.3 Å². The molecule has 0 unspecified atom stereocenters. The maximum Gasteiger partial charge on any atom is 0.225 e. The van der Waals surface area contributed by atoms with Crippen molar-refractivity contribution >= 4 is 11.3 Å². The normalized spacial score (nSPS) is 22.8. The van der Waals surface area contributed by atoms with Crippen LogP contribution in [0.25, 0.3) is 5.52 Å². The van der Waals surface area contributed by atoms with Crippen LogP contribution in [0.5, 0.6) is 0 Å². The minimum Gasteiger partial charge on any atom is -0.374 e. The molecule has 0 amide bonds. The van der Waals surface area contributed by atoms with E-state index in [9.17, 15) is 5.26 Å². The van der Waals surface area contributed by atoms with Crippen LogP contribution in [0.1, 0.15) is 35.2 Å². The molecule has 9 nitrogen and oxygen atoms in total. The number of benzene rings is 3. The molecule has 1 aliphatic carbocycles. The molecule has 0 bridgehead atoms. The summed E-state index contributed by atoms with van der Waals surface area (Å²) in [7, 11) is 0. The van der Waals surface area contributed by atoms with Crippen molar-refractivity contribution in [2.24, 2.45) is 0 Å². The van der Waals surface area contributed by atoms with Crippen molar-refractivity contribution in [3.8, 4) is 6.07 Å². The lowest BCUT2D eigenvalue weighted by Gasteiger charge is -2.29. The lowest BCUT2D eigenvalue weighted by molar-refractivity contribution is -0.0971. The number of fused-ring (bicyclic) bond motifs is 1. The first-order valence-electron chi connectivity index (χ1n) is 15.3. The first-order chi connectivity index (χ1) is 22.2. The molecule has 1 saturated carbocycles. The molecule has 1 aliphatic heterocycles. The van der Waals surface area contributed by atoms with Gasteiger partial charge in [0.15, 0.2) is 5.82 Å². The van der Waals surface area contributed by atoms with Gasteiger partial charge in [-0.25, -0.2) is 9.50 Å². The molecule has 228 valence electrons. The standard InChI is InChI=1S/C36H35N5O4/c37-24-36(32-19-18-30-35(40-29-16-17-29)38-25-39-41(30)32)34(44-22-28-14-8-3-9-15-28)33(43-21-27-12-6-2-7-13-27)31(45-36)23-42-20-26-10-4-1-5-11-26/h1-15,18-19,25,29,31,33-34H,16-17,20-23H2,(H,38,39,40)/t31-,33-,34-,36+/m1/s1. The Hall–Kier alpha value is -4.59. The van der Waals surface area contributed by atoms with Gasteiger partial charge >= 0.3 is 0 Å². The van der Waals surface area contributed by atoms with E-state index in [0.717, 1.165) is 40.9 Å². The molecule has 3 aromatic carbocycles. The molecule has 0 radical (unpaired) electrons. The van der Waals surface area contributed by atoms with Gasteiger partial charge in [0.05, 0.1) is 32.1 Å². The summed E-state index contributed by atoms with van der Waals surface area (Å²) in [4.78, 5) is 4.49. The number of aromatic nitrogens is 3. The number of rotatable bonds is 13. The SMILES string of the molecule is N#C[C@@]1(c2ccc3c(NC4CC4)ncnn23)O[C@H](COCc2ccccc2)[C@@H](OCc2ccccc2)[C@H]1OCc1ccccc1. The van der Waals surface area contributed by atoms with Crippen molar-refractivity contribution in [1.82, 2.24) is 14.6 Å². The molecule has 2 fully saturated rings. The molecule has 3 heterocycles. The van der Waals surface area contributed by atoms with Crippen LogP contribution in [0.4, 0.5) is 5.82 Å². The van der Waals surface area contributed by atoms with Gasteiger partial charge in [0.25, 0.3) is 0 Å².